The van der Waals surface area contributed by atoms with Crippen LogP contribution < -0.4 is 4.74 Å². The highest BCUT2D eigenvalue weighted by Gasteiger charge is 2.27. The Labute approximate surface area is 183 Å². The third-order valence-corrected chi connectivity index (χ3v) is 9.27. The fraction of sp³-hybridized carbons (Fsp3) is 0.429. The molecule has 2 aliphatic heterocycles. The van der Waals surface area contributed by atoms with Gasteiger partial charge in [-0.15, -0.1) is 0 Å². The largest absolute Gasteiger partial charge is 0.457 e. The van der Waals surface area contributed by atoms with Gasteiger partial charge in [-0.2, -0.15) is 8.61 Å². The van der Waals surface area contributed by atoms with Crippen molar-refractivity contribution in [3.63, 3.8) is 0 Å². The highest BCUT2D eigenvalue weighted by atomic mass is 32.2. The molecule has 0 aliphatic carbocycles. The summed E-state index contributed by atoms with van der Waals surface area (Å²) in [5.74, 6) is 0.939. The second-order valence-electron chi connectivity index (χ2n) is 7.53. The summed E-state index contributed by atoms with van der Waals surface area (Å²) in [5, 5.41) is 0. The Balaban J connectivity index is 1.43. The number of hydrogen-bond acceptors (Lipinski definition) is 6. The lowest BCUT2D eigenvalue weighted by Crippen LogP contribution is -2.40. The lowest BCUT2D eigenvalue weighted by Gasteiger charge is -2.26. The van der Waals surface area contributed by atoms with Crippen LogP contribution >= 0.6 is 0 Å². The molecule has 168 valence electrons. The zero-order chi connectivity index (χ0) is 21.9. The smallest absolute Gasteiger partial charge is 0.243 e. The average molecular weight is 467 g/mol. The molecule has 31 heavy (non-hydrogen) atoms. The van der Waals surface area contributed by atoms with E-state index in [0.29, 0.717) is 50.9 Å². The van der Waals surface area contributed by atoms with Crippen LogP contribution in [-0.4, -0.2) is 64.8 Å². The monoisotopic (exact) mass is 466 g/mol. The van der Waals surface area contributed by atoms with E-state index in [9.17, 15) is 16.8 Å². The van der Waals surface area contributed by atoms with E-state index in [4.69, 9.17) is 9.47 Å². The lowest BCUT2D eigenvalue weighted by molar-refractivity contribution is 0.0730. The Morgan fingerprint density at radius 3 is 1.48 bits per heavy atom. The number of morpholine rings is 1. The Morgan fingerprint density at radius 2 is 1.03 bits per heavy atom. The number of nitrogens with zero attached hydrogens (tertiary/aromatic N) is 2. The predicted molar refractivity (Wildman–Crippen MR) is 115 cm³/mol. The third-order valence-electron chi connectivity index (χ3n) is 5.44. The maximum Gasteiger partial charge on any atom is 0.243 e. The molecule has 0 amide bonds. The Hall–Kier alpha value is -1.98. The molecule has 8 nitrogen and oxygen atoms in total. The van der Waals surface area contributed by atoms with Crippen LogP contribution in [0.1, 0.15) is 19.3 Å². The van der Waals surface area contributed by atoms with Gasteiger partial charge in [0.2, 0.25) is 20.0 Å². The molecule has 2 saturated heterocycles. The van der Waals surface area contributed by atoms with Crippen molar-refractivity contribution < 1.29 is 26.3 Å². The van der Waals surface area contributed by atoms with E-state index in [-0.39, 0.29) is 9.79 Å². The van der Waals surface area contributed by atoms with Crippen LogP contribution in [0, 0.1) is 0 Å². The molecule has 0 N–H and O–H groups in total. The van der Waals surface area contributed by atoms with Crippen LogP contribution in [0.3, 0.4) is 0 Å². The fourth-order valence-electron chi connectivity index (χ4n) is 3.69. The molecule has 10 heteroatoms. The zero-order valence-electron chi connectivity index (χ0n) is 17.1. The van der Waals surface area contributed by atoms with Crippen molar-refractivity contribution >= 4 is 20.0 Å². The first-order chi connectivity index (χ1) is 14.9. The zero-order valence-corrected chi connectivity index (χ0v) is 18.8. The van der Waals surface area contributed by atoms with E-state index < -0.39 is 20.0 Å². The summed E-state index contributed by atoms with van der Waals surface area (Å²) in [6, 6.07) is 12.5. The van der Waals surface area contributed by atoms with Crippen LogP contribution in [0.2, 0.25) is 0 Å². The summed E-state index contributed by atoms with van der Waals surface area (Å²) in [4.78, 5) is 0.443. The molecule has 2 fully saturated rings. The van der Waals surface area contributed by atoms with Crippen molar-refractivity contribution in [3.05, 3.63) is 48.5 Å². The van der Waals surface area contributed by atoms with Gasteiger partial charge in [0.15, 0.2) is 0 Å². The normalized spacial score (nSPS) is 19.2. The molecular formula is C21H26N2O6S2. The summed E-state index contributed by atoms with van der Waals surface area (Å²) in [6.07, 6.45) is 2.83. The average Bonchev–Trinajstić information content (AvgIpc) is 2.81. The molecule has 0 radical (unpaired) electrons. The van der Waals surface area contributed by atoms with Gasteiger partial charge < -0.3 is 9.47 Å². The molecule has 2 aromatic rings. The fourth-order valence-corrected chi connectivity index (χ4v) is 6.61. The standard InChI is InChI=1S/C21H26N2O6S2/c24-30(25,22-12-2-1-3-13-22)20-8-4-18(5-9-20)29-19-6-10-21(11-7-19)31(26,27)23-14-16-28-17-15-23/h4-11H,1-3,12-17H2. The van der Waals surface area contributed by atoms with E-state index in [2.05, 4.69) is 0 Å². The van der Waals surface area contributed by atoms with Gasteiger partial charge in [-0.25, -0.2) is 16.8 Å². The van der Waals surface area contributed by atoms with Gasteiger partial charge in [0, 0.05) is 26.2 Å². The number of rotatable bonds is 6. The quantitative estimate of drug-likeness (QED) is 0.650. The summed E-state index contributed by atoms with van der Waals surface area (Å²) in [7, 11) is -7.04. The van der Waals surface area contributed by atoms with Crippen LogP contribution in [0.4, 0.5) is 0 Å². The second kappa shape index (κ2) is 9.25. The maximum atomic E-state index is 12.7. The van der Waals surface area contributed by atoms with Crippen LogP contribution in [-0.2, 0) is 24.8 Å². The van der Waals surface area contributed by atoms with E-state index in [1.807, 2.05) is 0 Å². The van der Waals surface area contributed by atoms with Crippen molar-refractivity contribution in [1.82, 2.24) is 8.61 Å². The first-order valence-corrected chi connectivity index (χ1v) is 13.2. The van der Waals surface area contributed by atoms with Crippen LogP contribution in [0.5, 0.6) is 11.5 Å². The lowest BCUT2D eigenvalue weighted by atomic mass is 10.2. The third kappa shape index (κ3) is 4.93. The van der Waals surface area contributed by atoms with E-state index in [1.54, 1.807) is 24.3 Å². The van der Waals surface area contributed by atoms with E-state index >= 15 is 0 Å². The summed E-state index contributed by atoms with van der Waals surface area (Å²) >= 11 is 0. The van der Waals surface area contributed by atoms with Gasteiger partial charge in [0.05, 0.1) is 23.0 Å². The molecule has 2 heterocycles. The molecule has 0 atom stereocenters. The van der Waals surface area contributed by atoms with Crippen molar-refractivity contribution in [2.45, 2.75) is 29.1 Å². The second-order valence-corrected chi connectivity index (χ2v) is 11.4. The number of ether oxygens (including phenoxy) is 2. The van der Waals surface area contributed by atoms with Crippen LogP contribution in [0.25, 0.3) is 0 Å². The van der Waals surface area contributed by atoms with Gasteiger partial charge in [0.1, 0.15) is 11.5 Å². The molecule has 4 rings (SSSR count). The molecule has 0 bridgehead atoms. The van der Waals surface area contributed by atoms with E-state index in [0.717, 1.165) is 19.3 Å². The summed E-state index contributed by atoms with van der Waals surface area (Å²) in [5.41, 5.74) is 0. The number of sulfonamides is 2. The molecule has 0 spiro atoms. The number of benzene rings is 2. The molecule has 2 aromatic carbocycles. The molecule has 0 saturated carbocycles. The number of hydrogen-bond donors (Lipinski definition) is 0. The Bertz CT molecular complexity index is 998. The Kier molecular flexibility index (Phi) is 6.63. The minimum atomic E-state index is -3.56. The topological polar surface area (TPSA) is 93.2 Å². The van der Waals surface area contributed by atoms with Crippen molar-refractivity contribution in [1.29, 1.82) is 0 Å². The van der Waals surface area contributed by atoms with Gasteiger partial charge >= 0.3 is 0 Å². The first-order valence-electron chi connectivity index (χ1n) is 10.3. The minimum Gasteiger partial charge on any atom is -0.457 e. The SMILES string of the molecule is O=S(=O)(c1ccc(Oc2ccc(S(=O)(=O)N3CCOCC3)cc2)cc1)N1CCCCC1. The van der Waals surface area contributed by atoms with Crippen LogP contribution in [0.15, 0.2) is 58.3 Å². The predicted octanol–water partition coefficient (Wildman–Crippen LogP) is 2.67. The molecule has 0 unspecified atom stereocenters. The molecule has 0 aromatic heterocycles. The molecular weight excluding hydrogens is 440 g/mol. The maximum absolute atomic E-state index is 12.7. The molecule has 2 aliphatic rings. The van der Waals surface area contributed by atoms with Crippen molar-refractivity contribution in [3.8, 4) is 11.5 Å². The Morgan fingerprint density at radius 1 is 0.613 bits per heavy atom. The highest BCUT2D eigenvalue weighted by Crippen LogP contribution is 2.27. The van der Waals surface area contributed by atoms with Crippen molar-refractivity contribution in [2.24, 2.45) is 0 Å². The first kappa shape index (κ1) is 22.2. The summed E-state index contributed by atoms with van der Waals surface area (Å²) < 4.78 is 64.8. The van der Waals surface area contributed by atoms with E-state index in [1.165, 1.54) is 32.9 Å². The summed E-state index contributed by atoms with van der Waals surface area (Å²) in [6.45, 7) is 2.58. The van der Waals surface area contributed by atoms with Gasteiger partial charge in [-0.3, -0.25) is 0 Å². The van der Waals surface area contributed by atoms with Crippen molar-refractivity contribution in [2.75, 3.05) is 39.4 Å². The minimum absolute atomic E-state index is 0.199. The highest BCUT2D eigenvalue weighted by molar-refractivity contribution is 7.89. The van der Waals surface area contributed by atoms with Gasteiger partial charge in [0.25, 0.3) is 0 Å². The van der Waals surface area contributed by atoms with Gasteiger partial charge in [-0.1, -0.05) is 6.42 Å². The van der Waals surface area contributed by atoms with Gasteiger partial charge in [-0.05, 0) is 61.4 Å². The number of piperidine rings is 1.